The molecule has 1 rings (SSSR count). The van der Waals surface area contributed by atoms with Crippen molar-refractivity contribution in [3.63, 3.8) is 0 Å². The van der Waals surface area contributed by atoms with Crippen molar-refractivity contribution in [2.24, 2.45) is 0 Å². The van der Waals surface area contributed by atoms with Crippen LogP contribution in [0.4, 0.5) is 14.5 Å². The molecule has 1 nitrogen and oxygen atoms in total. The van der Waals surface area contributed by atoms with E-state index in [1.165, 1.54) is 12.1 Å². The van der Waals surface area contributed by atoms with Gasteiger partial charge in [0.25, 0.3) is 0 Å². The molecule has 0 spiro atoms. The van der Waals surface area contributed by atoms with Crippen molar-refractivity contribution in [1.29, 1.82) is 0 Å². The van der Waals surface area contributed by atoms with Crippen molar-refractivity contribution in [3.8, 4) is 11.8 Å². The van der Waals surface area contributed by atoms with E-state index in [-0.39, 0.29) is 11.3 Å². The number of anilines is 1. The quantitative estimate of drug-likeness (QED) is 0.417. The molecule has 0 aliphatic rings. The van der Waals surface area contributed by atoms with Crippen LogP contribution < -0.4 is 5.73 Å². The number of hydrogen-bond acceptors (Lipinski definition) is 2. The summed E-state index contributed by atoms with van der Waals surface area (Å²) in [5.41, 5.74) is 4.99. The summed E-state index contributed by atoms with van der Waals surface area (Å²) in [4.78, 5) is 0. The van der Waals surface area contributed by atoms with E-state index in [4.69, 9.17) is 5.73 Å². The molecule has 0 fully saturated rings. The number of halogens is 2. The van der Waals surface area contributed by atoms with Crippen LogP contribution in [0.5, 0.6) is 0 Å². The van der Waals surface area contributed by atoms with Gasteiger partial charge in [0.05, 0.1) is 11.3 Å². The third-order valence-electron chi connectivity index (χ3n) is 1.57. The summed E-state index contributed by atoms with van der Waals surface area (Å²) in [5.74, 6) is 3.74. The molecule has 0 atom stereocenters. The first-order valence-corrected chi connectivity index (χ1v) is 4.63. The summed E-state index contributed by atoms with van der Waals surface area (Å²) in [7, 11) is 0. The first kappa shape index (κ1) is 10.9. The smallest absolute Gasteiger partial charge is 0.182 e. The zero-order chi connectivity index (χ0) is 10.6. The van der Waals surface area contributed by atoms with Gasteiger partial charge in [-0.1, -0.05) is 11.8 Å². The lowest BCUT2D eigenvalue weighted by atomic mass is 10.2. The molecule has 2 N–H and O–H groups in total. The van der Waals surface area contributed by atoms with E-state index < -0.39 is 11.6 Å². The molecule has 4 heteroatoms. The van der Waals surface area contributed by atoms with Crippen LogP contribution in [0.25, 0.3) is 0 Å². The molecular weight excluding hydrogens is 204 g/mol. The minimum Gasteiger partial charge on any atom is -0.396 e. The summed E-state index contributed by atoms with van der Waals surface area (Å²) in [6.45, 7) is 0. The number of thiol groups is 1. The topological polar surface area (TPSA) is 26.0 Å². The van der Waals surface area contributed by atoms with E-state index in [1.54, 1.807) is 0 Å². The Balaban J connectivity index is 3.02. The van der Waals surface area contributed by atoms with Gasteiger partial charge in [-0.05, 0) is 12.1 Å². The van der Waals surface area contributed by atoms with E-state index in [0.717, 1.165) is 0 Å². The number of hydrogen-bond donors (Lipinski definition) is 2. The Morgan fingerprint density at radius 3 is 2.64 bits per heavy atom. The van der Waals surface area contributed by atoms with Crippen molar-refractivity contribution in [1.82, 2.24) is 0 Å². The van der Waals surface area contributed by atoms with E-state index >= 15 is 0 Å². The van der Waals surface area contributed by atoms with Gasteiger partial charge in [0.2, 0.25) is 0 Å². The molecule has 0 unspecified atom stereocenters. The molecule has 0 bridgehead atoms. The van der Waals surface area contributed by atoms with Crippen molar-refractivity contribution in [3.05, 3.63) is 29.3 Å². The largest absolute Gasteiger partial charge is 0.396 e. The zero-order valence-electron chi connectivity index (χ0n) is 7.35. The number of benzene rings is 1. The van der Waals surface area contributed by atoms with Crippen LogP contribution in [-0.4, -0.2) is 5.75 Å². The Morgan fingerprint density at radius 2 is 2.00 bits per heavy atom. The van der Waals surface area contributed by atoms with Gasteiger partial charge < -0.3 is 5.73 Å². The van der Waals surface area contributed by atoms with Crippen LogP contribution in [-0.2, 0) is 0 Å². The highest BCUT2D eigenvalue weighted by atomic mass is 32.1. The highest BCUT2D eigenvalue weighted by Crippen LogP contribution is 2.16. The standard InChI is InChI=1S/C10H9F2NS/c11-9-7(3-1-2-6-14)4-5-8(13)10(9)12/h4-5,14H,2,6,13H2. The fraction of sp³-hybridized carbons (Fsp3) is 0.200. The van der Waals surface area contributed by atoms with E-state index in [2.05, 4.69) is 24.5 Å². The van der Waals surface area contributed by atoms with Crippen LogP contribution in [0.3, 0.4) is 0 Å². The first-order valence-electron chi connectivity index (χ1n) is 4.00. The molecule has 0 aromatic heterocycles. The molecule has 0 saturated carbocycles. The minimum atomic E-state index is -1.04. The molecule has 14 heavy (non-hydrogen) atoms. The molecule has 1 aromatic carbocycles. The average Bonchev–Trinajstić information content (AvgIpc) is 2.18. The maximum atomic E-state index is 13.1. The van der Waals surface area contributed by atoms with Gasteiger partial charge in [0, 0.05) is 12.2 Å². The van der Waals surface area contributed by atoms with Gasteiger partial charge in [0.15, 0.2) is 11.6 Å². The van der Waals surface area contributed by atoms with Crippen molar-refractivity contribution in [2.45, 2.75) is 6.42 Å². The van der Waals surface area contributed by atoms with Crippen LogP contribution >= 0.6 is 12.6 Å². The summed E-state index contributed by atoms with van der Waals surface area (Å²) in [5, 5.41) is 0. The average molecular weight is 213 g/mol. The molecule has 0 aliphatic carbocycles. The third-order valence-corrected chi connectivity index (χ3v) is 1.80. The second kappa shape index (κ2) is 4.87. The molecule has 1 aromatic rings. The Morgan fingerprint density at radius 1 is 1.29 bits per heavy atom. The Hall–Kier alpha value is -1.21. The second-order valence-electron chi connectivity index (χ2n) is 2.61. The minimum absolute atomic E-state index is 0.0264. The van der Waals surface area contributed by atoms with Crippen LogP contribution in [0.1, 0.15) is 12.0 Å². The summed E-state index contributed by atoms with van der Waals surface area (Å²) in [6.07, 6.45) is 0.536. The predicted molar refractivity (Wildman–Crippen MR) is 56.1 cm³/mol. The third kappa shape index (κ3) is 2.39. The molecule has 0 aliphatic heterocycles. The van der Waals surface area contributed by atoms with Gasteiger partial charge in [-0.25, -0.2) is 8.78 Å². The normalized spacial score (nSPS) is 9.36. The molecule has 0 saturated heterocycles. The molecule has 0 radical (unpaired) electrons. The van der Waals surface area contributed by atoms with Gasteiger partial charge >= 0.3 is 0 Å². The lowest BCUT2D eigenvalue weighted by Gasteiger charge is -1.99. The lowest BCUT2D eigenvalue weighted by molar-refractivity contribution is 0.510. The number of nitrogen functional groups attached to an aromatic ring is 1. The monoisotopic (exact) mass is 213 g/mol. The van der Waals surface area contributed by atoms with E-state index in [9.17, 15) is 8.78 Å². The molecular formula is C10H9F2NS. The maximum absolute atomic E-state index is 13.1. The van der Waals surface area contributed by atoms with Gasteiger partial charge in [-0.3, -0.25) is 0 Å². The fourth-order valence-electron chi connectivity index (χ4n) is 0.875. The van der Waals surface area contributed by atoms with Gasteiger partial charge in [-0.15, -0.1) is 0 Å². The SMILES string of the molecule is Nc1ccc(C#CCCS)c(F)c1F. The summed E-state index contributed by atoms with van der Waals surface area (Å²) in [6, 6.07) is 2.66. The van der Waals surface area contributed by atoms with E-state index in [0.29, 0.717) is 12.2 Å². The number of rotatable bonds is 1. The number of nitrogens with two attached hydrogens (primary N) is 1. The summed E-state index contributed by atoms with van der Waals surface area (Å²) < 4.78 is 26.0. The lowest BCUT2D eigenvalue weighted by Crippen LogP contribution is -1.96. The van der Waals surface area contributed by atoms with Crippen LogP contribution in [0.15, 0.2) is 12.1 Å². The molecule has 0 heterocycles. The van der Waals surface area contributed by atoms with Crippen molar-refractivity contribution < 1.29 is 8.78 Å². The Kier molecular flexibility index (Phi) is 3.78. The van der Waals surface area contributed by atoms with Crippen molar-refractivity contribution >= 4 is 18.3 Å². The van der Waals surface area contributed by atoms with Crippen molar-refractivity contribution in [2.75, 3.05) is 11.5 Å². The fourth-order valence-corrected chi connectivity index (χ4v) is 0.986. The van der Waals surface area contributed by atoms with Gasteiger partial charge in [-0.2, -0.15) is 12.6 Å². The van der Waals surface area contributed by atoms with Gasteiger partial charge in [0.1, 0.15) is 0 Å². The second-order valence-corrected chi connectivity index (χ2v) is 3.05. The first-order chi connectivity index (χ1) is 6.66. The van der Waals surface area contributed by atoms with E-state index in [1.807, 2.05) is 0 Å². The highest BCUT2D eigenvalue weighted by Gasteiger charge is 2.09. The Labute approximate surface area is 86.7 Å². The molecule has 74 valence electrons. The zero-order valence-corrected chi connectivity index (χ0v) is 8.24. The van der Waals surface area contributed by atoms with Crippen LogP contribution in [0.2, 0.25) is 0 Å². The maximum Gasteiger partial charge on any atom is 0.182 e. The van der Waals surface area contributed by atoms with Crippen LogP contribution in [0, 0.1) is 23.5 Å². The highest BCUT2D eigenvalue weighted by molar-refractivity contribution is 7.80. The molecule has 0 amide bonds. The predicted octanol–water partition coefficient (Wildman–Crippen LogP) is 2.22. The Bertz CT molecular complexity index is 393. The summed E-state index contributed by atoms with van der Waals surface area (Å²) >= 11 is 3.94.